The molecule has 2 aliphatic rings. The summed E-state index contributed by atoms with van der Waals surface area (Å²) in [4.78, 5) is 0. The molecule has 1 heterocycles. The fourth-order valence-electron chi connectivity index (χ4n) is 4.01. The first-order valence-electron chi connectivity index (χ1n) is 7.09. The van der Waals surface area contributed by atoms with Crippen LogP contribution in [0.4, 0.5) is 13.2 Å². The normalized spacial score (nSPS) is 32.7. The molecule has 1 spiro atoms. The van der Waals surface area contributed by atoms with E-state index in [4.69, 9.17) is 0 Å². The highest BCUT2D eigenvalue weighted by molar-refractivity contribution is 5.02. The molecule has 0 bridgehead atoms. The Morgan fingerprint density at radius 1 is 1.32 bits per heavy atom. The quantitative estimate of drug-likeness (QED) is 0.692. The van der Waals surface area contributed by atoms with E-state index in [2.05, 4.69) is 10.6 Å². The van der Waals surface area contributed by atoms with Crippen molar-refractivity contribution < 1.29 is 18.3 Å². The van der Waals surface area contributed by atoms with Crippen LogP contribution >= 0.6 is 0 Å². The molecule has 0 radical (unpaired) electrons. The van der Waals surface area contributed by atoms with Crippen molar-refractivity contribution in [3.63, 3.8) is 0 Å². The molecule has 2 rings (SSSR count). The Balaban J connectivity index is 2.22. The Morgan fingerprint density at radius 3 is 2.47 bits per heavy atom. The van der Waals surface area contributed by atoms with Gasteiger partial charge in [-0.1, -0.05) is 6.92 Å². The Kier molecular flexibility index (Phi) is 4.42. The van der Waals surface area contributed by atoms with Crippen LogP contribution in [0.15, 0.2) is 0 Å². The van der Waals surface area contributed by atoms with Crippen LogP contribution < -0.4 is 10.6 Å². The Bertz CT molecular complexity index is 303. The molecule has 3 nitrogen and oxygen atoms in total. The van der Waals surface area contributed by atoms with Gasteiger partial charge in [-0.25, -0.2) is 0 Å². The van der Waals surface area contributed by atoms with Crippen LogP contribution in [0.5, 0.6) is 0 Å². The number of rotatable bonds is 3. The van der Waals surface area contributed by atoms with Gasteiger partial charge < -0.3 is 10.4 Å². The Morgan fingerprint density at radius 2 is 1.95 bits per heavy atom. The van der Waals surface area contributed by atoms with Crippen molar-refractivity contribution in [3.05, 3.63) is 0 Å². The first kappa shape index (κ1) is 15.1. The zero-order valence-electron chi connectivity index (χ0n) is 11.3. The first-order chi connectivity index (χ1) is 8.91. The van der Waals surface area contributed by atoms with Crippen molar-refractivity contribution >= 4 is 0 Å². The summed E-state index contributed by atoms with van der Waals surface area (Å²) in [6.07, 6.45) is -3.12. The summed E-state index contributed by atoms with van der Waals surface area (Å²) >= 11 is 0. The highest BCUT2D eigenvalue weighted by Gasteiger charge is 2.61. The van der Waals surface area contributed by atoms with E-state index in [1.54, 1.807) is 6.92 Å². The summed E-state index contributed by atoms with van der Waals surface area (Å²) in [5.41, 5.74) is -0.662. The van der Waals surface area contributed by atoms with Crippen LogP contribution in [0.1, 0.15) is 32.6 Å². The summed E-state index contributed by atoms with van der Waals surface area (Å²) < 4.78 is 40.4. The molecule has 6 heteroatoms. The second kappa shape index (κ2) is 5.58. The number of hydrogen-bond donors (Lipinski definition) is 3. The highest BCUT2D eigenvalue weighted by atomic mass is 19.4. The Labute approximate surface area is 111 Å². The average Bonchev–Trinajstić information content (AvgIpc) is 2.69. The van der Waals surface area contributed by atoms with Crippen molar-refractivity contribution in [2.45, 2.75) is 45.0 Å². The lowest BCUT2D eigenvalue weighted by atomic mass is 9.68. The van der Waals surface area contributed by atoms with Crippen molar-refractivity contribution in [2.75, 3.05) is 19.6 Å². The van der Waals surface area contributed by atoms with Crippen LogP contribution in [-0.2, 0) is 0 Å². The molecule has 0 aromatic carbocycles. The molecule has 1 aliphatic heterocycles. The molecule has 2 fully saturated rings. The van der Waals surface area contributed by atoms with E-state index in [1.165, 1.54) is 0 Å². The molecular formula is C13H23F3N2O. The molecule has 19 heavy (non-hydrogen) atoms. The second-order valence-electron chi connectivity index (χ2n) is 5.84. The maximum Gasteiger partial charge on any atom is 0.392 e. The van der Waals surface area contributed by atoms with Crippen molar-refractivity contribution in [1.82, 2.24) is 10.6 Å². The maximum absolute atomic E-state index is 13.5. The van der Waals surface area contributed by atoms with Crippen LogP contribution in [-0.4, -0.2) is 37.1 Å². The number of hydrogen-bond acceptors (Lipinski definition) is 3. The fraction of sp³-hybridized carbons (Fsp3) is 1.00. The minimum absolute atomic E-state index is 0.457. The average molecular weight is 280 g/mol. The van der Waals surface area contributed by atoms with Gasteiger partial charge in [0.25, 0.3) is 0 Å². The number of aliphatic hydroxyl groups excluding tert-OH is 1. The summed E-state index contributed by atoms with van der Waals surface area (Å²) in [7, 11) is 0. The highest BCUT2D eigenvalue weighted by Crippen LogP contribution is 2.58. The van der Waals surface area contributed by atoms with E-state index in [0.717, 1.165) is 0 Å². The van der Waals surface area contributed by atoms with Gasteiger partial charge in [0.05, 0.1) is 5.92 Å². The molecule has 3 N–H and O–H groups in total. The van der Waals surface area contributed by atoms with Gasteiger partial charge in [0.1, 0.15) is 6.23 Å². The van der Waals surface area contributed by atoms with E-state index >= 15 is 0 Å². The third-order valence-electron chi connectivity index (χ3n) is 4.83. The number of halogens is 3. The third-order valence-corrected chi connectivity index (χ3v) is 4.83. The summed E-state index contributed by atoms with van der Waals surface area (Å²) in [6, 6.07) is 0. The van der Waals surface area contributed by atoms with Gasteiger partial charge in [0.2, 0.25) is 0 Å². The van der Waals surface area contributed by atoms with Gasteiger partial charge in [-0.3, -0.25) is 5.32 Å². The van der Waals surface area contributed by atoms with Crippen LogP contribution in [0.25, 0.3) is 0 Å². The molecule has 1 saturated carbocycles. The molecule has 3 atom stereocenters. The van der Waals surface area contributed by atoms with Crippen molar-refractivity contribution in [3.8, 4) is 0 Å². The lowest BCUT2D eigenvalue weighted by molar-refractivity contribution is -0.224. The minimum Gasteiger partial charge on any atom is -0.378 e. The zero-order valence-corrected chi connectivity index (χ0v) is 11.3. The summed E-state index contributed by atoms with van der Waals surface area (Å²) in [5.74, 6) is -2.09. The molecule has 0 amide bonds. The molecule has 112 valence electrons. The van der Waals surface area contributed by atoms with E-state index in [-0.39, 0.29) is 0 Å². The monoisotopic (exact) mass is 280 g/mol. The van der Waals surface area contributed by atoms with Gasteiger partial charge >= 0.3 is 6.18 Å². The second-order valence-corrected chi connectivity index (χ2v) is 5.84. The van der Waals surface area contributed by atoms with Gasteiger partial charge in [-0.2, -0.15) is 13.2 Å². The third kappa shape index (κ3) is 2.90. The van der Waals surface area contributed by atoms with Crippen LogP contribution in [0.2, 0.25) is 0 Å². The van der Waals surface area contributed by atoms with E-state index in [0.29, 0.717) is 45.3 Å². The van der Waals surface area contributed by atoms with Crippen molar-refractivity contribution in [2.24, 2.45) is 17.3 Å². The predicted molar refractivity (Wildman–Crippen MR) is 66.5 cm³/mol. The first-order valence-corrected chi connectivity index (χ1v) is 7.09. The number of nitrogens with one attached hydrogen (secondary N) is 2. The van der Waals surface area contributed by atoms with E-state index in [1.807, 2.05) is 0 Å². The molecular weight excluding hydrogens is 257 g/mol. The lowest BCUT2D eigenvalue weighted by Crippen LogP contribution is -2.49. The number of piperidine rings is 1. The van der Waals surface area contributed by atoms with Gasteiger partial charge in [0, 0.05) is 5.92 Å². The predicted octanol–water partition coefficient (Wildman–Crippen LogP) is 1.87. The lowest BCUT2D eigenvalue weighted by Gasteiger charge is -2.42. The standard InChI is InChI=1S/C13H23F3N2O/c1-2-18-11(19)9-3-4-12(5-7-17-8-6-12)10(9)13(14,15)16/h9-11,17-19H,2-8H2,1H3. The Hall–Kier alpha value is -0.330. The fourth-order valence-corrected chi connectivity index (χ4v) is 4.01. The minimum atomic E-state index is -4.23. The maximum atomic E-state index is 13.5. The van der Waals surface area contributed by atoms with Gasteiger partial charge in [-0.15, -0.1) is 0 Å². The topological polar surface area (TPSA) is 44.3 Å². The zero-order chi connectivity index (χ0) is 14.1. The van der Waals surface area contributed by atoms with E-state index in [9.17, 15) is 18.3 Å². The molecule has 3 unspecified atom stereocenters. The smallest absolute Gasteiger partial charge is 0.378 e. The number of aliphatic hydroxyl groups is 1. The van der Waals surface area contributed by atoms with Gasteiger partial charge in [0.15, 0.2) is 0 Å². The van der Waals surface area contributed by atoms with Crippen molar-refractivity contribution in [1.29, 1.82) is 0 Å². The van der Waals surface area contributed by atoms with E-state index < -0.39 is 29.7 Å². The molecule has 0 aromatic heterocycles. The van der Waals surface area contributed by atoms with Gasteiger partial charge in [-0.05, 0) is 50.7 Å². The van der Waals surface area contributed by atoms with Crippen LogP contribution in [0.3, 0.4) is 0 Å². The largest absolute Gasteiger partial charge is 0.392 e. The molecule has 0 aromatic rings. The molecule has 1 saturated heterocycles. The number of alkyl halides is 3. The summed E-state index contributed by atoms with van der Waals surface area (Å²) in [6.45, 7) is 3.57. The SMILES string of the molecule is CCNC(O)C1CCC2(CCNCC2)C1C(F)(F)F. The van der Waals surface area contributed by atoms with Crippen LogP contribution in [0, 0.1) is 17.3 Å². The molecule has 1 aliphatic carbocycles. The summed E-state index contributed by atoms with van der Waals surface area (Å²) in [5, 5.41) is 15.9.